The Kier molecular flexibility index (Phi) is 2.78. The molecule has 0 bridgehead atoms. The van der Waals surface area contributed by atoms with Gasteiger partial charge in [-0.05, 0) is 6.07 Å². The summed E-state index contributed by atoms with van der Waals surface area (Å²) in [6, 6.07) is 8.60. The van der Waals surface area contributed by atoms with Crippen molar-refractivity contribution in [2.24, 2.45) is 0 Å². The number of H-pyrrole nitrogens is 1. The highest BCUT2D eigenvalue weighted by atomic mass is 16.5. The van der Waals surface area contributed by atoms with E-state index in [1.165, 1.54) is 14.2 Å². The van der Waals surface area contributed by atoms with Gasteiger partial charge in [-0.25, -0.2) is 0 Å². The lowest BCUT2D eigenvalue weighted by Gasteiger charge is -2.22. The fourth-order valence-corrected chi connectivity index (χ4v) is 3.23. The van der Waals surface area contributed by atoms with Gasteiger partial charge in [-0.3, -0.25) is 9.59 Å². The summed E-state index contributed by atoms with van der Waals surface area (Å²) in [5.74, 6) is 0.300. The van der Waals surface area contributed by atoms with E-state index in [2.05, 4.69) is 4.98 Å². The standard InChI is InChI=1S/C18H13NO4/c1-22-17-11-7-8-19-14(11)18(23-2)13-12(17)15(20)9-5-3-4-6-10(9)16(13)21/h3-8,19H,1-2H3. The van der Waals surface area contributed by atoms with Crippen molar-refractivity contribution in [1.82, 2.24) is 4.98 Å². The first-order chi connectivity index (χ1) is 11.2. The number of carbonyl (C=O) groups excluding carboxylic acids is 2. The summed E-state index contributed by atoms with van der Waals surface area (Å²) in [6.07, 6.45) is 1.73. The molecule has 4 rings (SSSR count). The summed E-state index contributed by atoms with van der Waals surface area (Å²) in [5.41, 5.74) is 1.93. The van der Waals surface area contributed by atoms with Gasteiger partial charge in [-0.1, -0.05) is 24.3 Å². The van der Waals surface area contributed by atoms with E-state index in [4.69, 9.17) is 9.47 Å². The van der Waals surface area contributed by atoms with Crippen LogP contribution in [0.4, 0.5) is 0 Å². The Bertz CT molecular complexity index is 907. The molecule has 3 aromatic rings. The molecule has 1 heterocycles. The third-order valence-corrected chi connectivity index (χ3v) is 4.20. The quantitative estimate of drug-likeness (QED) is 0.618. The summed E-state index contributed by atoms with van der Waals surface area (Å²) < 4.78 is 10.9. The van der Waals surface area contributed by atoms with E-state index < -0.39 is 0 Å². The third-order valence-electron chi connectivity index (χ3n) is 4.20. The Morgan fingerprint density at radius 2 is 1.39 bits per heavy atom. The van der Waals surface area contributed by atoms with Gasteiger partial charge in [0.05, 0.1) is 30.9 Å². The van der Waals surface area contributed by atoms with E-state index in [1.807, 2.05) is 0 Å². The van der Waals surface area contributed by atoms with Gasteiger partial charge in [0.2, 0.25) is 0 Å². The zero-order chi connectivity index (χ0) is 16.1. The third kappa shape index (κ3) is 1.61. The molecule has 114 valence electrons. The SMILES string of the molecule is COc1c2c(c(OC)c3[nH]ccc13)C(=O)c1ccccc1C2=O. The van der Waals surface area contributed by atoms with Crippen molar-refractivity contribution >= 4 is 22.5 Å². The maximum Gasteiger partial charge on any atom is 0.198 e. The number of rotatable bonds is 2. The molecule has 0 aliphatic heterocycles. The number of methoxy groups -OCH3 is 2. The van der Waals surface area contributed by atoms with E-state index >= 15 is 0 Å². The van der Waals surface area contributed by atoms with Gasteiger partial charge in [0, 0.05) is 22.7 Å². The molecule has 0 radical (unpaired) electrons. The van der Waals surface area contributed by atoms with Crippen LogP contribution < -0.4 is 9.47 Å². The molecule has 2 aromatic carbocycles. The number of hydrogen-bond donors (Lipinski definition) is 1. The highest BCUT2D eigenvalue weighted by Gasteiger charge is 2.37. The molecule has 1 aliphatic carbocycles. The van der Waals surface area contributed by atoms with Crippen molar-refractivity contribution in [3.63, 3.8) is 0 Å². The van der Waals surface area contributed by atoms with Crippen LogP contribution in [0.25, 0.3) is 10.9 Å². The first kappa shape index (κ1) is 13.6. The molecule has 0 amide bonds. The number of benzene rings is 2. The number of fused-ring (bicyclic) bond motifs is 3. The maximum atomic E-state index is 13.0. The van der Waals surface area contributed by atoms with Crippen LogP contribution in [0, 0.1) is 0 Å². The first-order valence-corrected chi connectivity index (χ1v) is 7.12. The van der Waals surface area contributed by atoms with Crippen LogP contribution in [0.15, 0.2) is 36.5 Å². The predicted molar refractivity (Wildman–Crippen MR) is 84.7 cm³/mol. The van der Waals surface area contributed by atoms with Gasteiger partial charge in [0.1, 0.15) is 5.75 Å². The van der Waals surface area contributed by atoms with E-state index in [-0.39, 0.29) is 22.7 Å². The van der Waals surface area contributed by atoms with Gasteiger partial charge in [-0.15, -0.1) is 0 Å². The highest BCUT2D eigenvalue weighted by Crippen LogP contribution is 2.44. The minimum Gasteiger partial charge on any atom is -0.495 e. The van der Waals surface area contributed by atoms with E-state index in [1.54, 1.807) is 36.5 Å². The van der Waals surface area contributed by atoms with Crippen molar-refractivity contribution < 1.29 is 19.1 Å². The molecular weight excluding hydrogens is 294 g/mol. The number of ether oxygens (including phenoxy) is 2. The first-order valence-electron chi connectivity index (χ1n) is 7.12. The van der Waals surface area contributed by atoms with Crippen molar-refractivity contribution in [3.05, 3.63) is 58.8 Å². The fourth-order valence-electron chi connectivity index (χ4n) is 3.23. The number of nitrogens with one attached hydrogen (secondary N) is 1. The van der Waals surface area contributed by atoms with Gasteiger partial charge < -0.3 is 14.5 Å². The molecule has 0 unspecified atom stereocenters. The lowest BCUT2D eigenvalue weighted by atomic mass is 9.82. The molecule has 0 atom stereocenters. The van der Waals surface area contributed by atoms with E-state index in [9.17, 15) is 9.59 Å². The second-order valence-electron chi connectivity index (χ2n) is 5.29. The molecule has 5 heteroatoms. The monoisotopic (exact) mass is 307 g/mol. The highest BCUT2D eigenvalue weighted by molar-refractivity contribution is 6.32. The Morgan fingerprint density at radius 3 is 1.96 bits per heavy atom. The van der Waals surface area contributed by atoms with Crippen LogP contribution in [-0.4, -0.2) is 30.8 Å². The minimum atomic E-state index is -0.234. The van der Waals surface area contributed by atoms with Crippen LogP contribution in [0.2, 0.25) is 0 Å². The Balaban J connectivity index is 2.20. The summed E-state index contributed by atoms with van der Waals surface area (Å²) in [6.45, 7) is 0. The number of aromatic amines is 1. The largest absolute Gasteiger partial charge is 0.495 e. The normalized spacial score (nSPS) is 13.0. The Labute approximate surface area is 131 Å². The summed E-state index contributed by atoms with van der Waals surface area (Å²) in [4.78, 5) is 29.0. The summed E-state index contributed by atoms with van der Waals surface area (Å²) in [7, 11) is 2.98. The summed E-state index contributed by atoms with van der Waals surface area (Å²) >= 11 is 0. The number of ketones is 2. The van der Waals surface area contributed by atoms with Crippen LogP contribution in [-0.2, 0) is 0 Å². The fraction of sp³-hybridized carbons (Fsp3) is 0.111. The second-order valence-corrected chi connectivity index (χ2v) is 5.29. The van der Waals surface area contributed by atoms with Crippen molar-refractivity contribution in [2.75, 3.05) is 14.2 Å². The van der Waals surface area contributed by atoms with Crippen molar-refractivity contribution in [3.8, 4) is 11.5 Å². The zero-order valence-electron chi connectivity index (χ0n) is 12.6. The minimum absolute atomic E-state index is 0.228. The van der Waals surface area contributed by atoms with Crippen molar-refractivity contribution in [2.45, 2.75) is 0 Å². The molecular formula is C18H13NO4. The van der Waals surface area contributed by atoms with Crippen LogP contribution >= 0.6 is 0 Å². The molecule has 23 heavy (non-hydrogen) atoms. The molecule has 0 spiro atoms. The summed E-state index contributed by atoms with van der Waals surface area (Å²) in [5, 5.41) is 0.712. The average Bonchev–Trinajstić information content (AvgIpc) is 3.06. The van der Waals surface area contributed by atoms with Crippen LogP contribution in [0.5, 0.6) is 11.5 Å². The van der Waals surface area contributed by atoms with Gasteiger partial charge in [-0.2, -0.15) is 0 Å². The van der Waals surface area contributed by atoms with Crippen LogP contribution in [0.1, 0.15) is 31.8 Å². The Morgan fingerprint density at radius 1 is 0.826 bits per heavy atom. The zero-order valence-corrected chi connectivity index (χ0v) is 12.6. The molecule has 1 aliphatic rings. The average molecular weight is 307 g/mol. The van der Waals surface area contributed by atoms with Gasteiger partial charge in [0.15, 0.2) is 17.3 Å². The lowest BCUT2D eigenvalue weighted by molar-refractivity contribution is 0.0974. The van der Waals surface area contributed by atoms with Crippen LogP contribution in [0.3, 0.4) is 0 Å². The second kappa shape index (κ2) is 4.71. The molecule has 1 N–H and O–H groups in total. The molecule has 0 fully saturated rings. The number of hydrogen-bond acceptors (Lipinski definition) is 4. The molecule has 5 nitrogen and oxygen atoms in total. The number of aromatic nitrogens is 1. The Hall–Kier alpha value is -3.08. The van der Waals surface area contributed by atoms with Gasteiger partial charge in [0.25, 0.3) is 0 Å². The molecule has 0 saturated carbocycles. The number of carbonyl (C=O) groups is 2. The lowest BCUT2D eigenvalue weighted by Crippen LogP contribution is -2.22. The smallest absolute Gasteiger partial charge is 0.198 e. The molecule has 0 saturated heterocycles. The van der Waals surface area contributed by atoms with Crippen molar-refractivity contribution in [1.29, 1.82) is 0 Å². The maximum absolute atomic E-state index is 13.0. The van der Waals surface area contributed by atoms with Gasteiger partial charge >= 0.3 is 0 Å². The van der Waals surface area contributed by atoms with E-state index in [0.29, 0.717) is 33.5 Å². The topological polar surface area (TPSA) is 68.4 Å². The predicted octanol–water partition coefficient (Wildman–Crippen LogP) is 2.96. The van der Waals surface area contributed by atoms with E-state index in [0.717, 1.165) is 0 Å². The molecule has 1 aromatic heterocycles.